The van der Waals surface area contributed by atoms with Crippen molar-refractivity contribution >= 4 is 17.4 Å². The van der Waals surface area contributed by atoms with Gasteiger partial charge in [-0.3, -0.25) is 14.5 Å². The van der Waals surface area contributed by atoms with E-state index in [2.05, 4.69) is 4.90 Å². The predicted molar refractivity (Wildman–Crippen MR) is 109 cm³/mol. The Bertz CT molecular complexity index is 905. The zero-order chi connectivity index (χ0) is 20.2. The van der Waals surface area contributed by atoms with Gasteiger partial charge in [0.25, 0.3) is 11.7 Å². The first kappa shape index (κ1) is 19.4. The van der Waals surface area contributed by atoms with Gasteiger partial charge in [0.2, 0.25) is 0 Å². The van der Waals surface area contributed by atoms with Gasteiger partial charge in [-0.05, 0) is 5.56 Å². The number of amides is 1. The first-order valence-electron chi connectivity index (χ1n) is 9.85. The quantitative estimate of drug-likeness (QED) is 0.481. The Morgan fingerprint density at radius 1 is 0.931 bits per heavy atom. The summed E-state index contributed by atoms with van der Waals surface area (Å²) in [5.41, 5.74) is 1.49. The number of Topliss-reactive ketones (excluding diaryl/α,β-unsaturated/α-hetero) is 1. The lowest BCUT2D eigenvalue weighted by atomic mass is 9.95. The standard InChI is InChI=1S/C23H24N2O4/c26-21(18-9-5-2-6-10-18)19-20(17-7-3-1-4-8-17)25(23(28)22(19)27)12-11-24-13-15-29-16-14-24/h1-10,20,26H,11-16H2/t20-/m1/s1. The van der Waals surface area contributed by atoms with Crippen LogP contribution in [0.5, 0.6) is 0 Å². The second-order valence-corrected chi connectivity index (χ2v) is 7.22. The van der Waals surface area contributed by atoms with Crippen LogP contribution in [0.4, 0.5) is 0 Å². The Balaban J connectivity index is 1.70. The fraction of sp³-hybridized carbons (Fsp3) is 0.304. The van der Waals surface area contributed by atoms with E-state index in [-0.39, 0.29) is 11.3 Å². The van der Waals surface area contributed by atoms with E-state index in [1.54, 1.807) is 29.2 Å². The maximum atomic E-state index is 12.9. The fourth-order valence-corrected chi connectivity index (χ4v) is 3.92. The normalized spacial score (nSPS) is 22.2. The first-order valence-corrected chi connectivity index (χ1v) is 9.85. The third kappa shape index (κ3) is 3.95. The molecule has 0 aromatic heterocycles. The average Bonchev–Trinajstić information content (AvgIpc) is 3.04. The van der Waals surface area contributed by atoms with Crippen LogP contribution in [0, 0.1) is 0 Å². The molecule has 29 heavy (non-hydrogen) atoms. The summed E-state index contributed by atoms with van der Waals surface area (Å²) < 4.78 is 5.38. The fourth-order valence-electron chi connectivity index (χ4n) is 3.92. The van der Waals surface area contributed by atoms with Crippen molar-refractivity contribution < 1.29 is 19.4 Å². The van der Waals surface area contributed by atoms with Crippen molar-refractivity contribution in [3.05, 3.63) is 77.4 Å². The third-order valence-electron chi connectivity index (χ3n) is 5.46. The molecule has 0 unspecified atom stereocenters. The Morgan fingerprint density at radius 3 is 2.21 bits per heavy atom. The van der Waals surface area contributed by atoms with E-state index in [1.807, 2.05) is 36.4 Å². The molecule has 1 atom stereocenters. The Kier molecular flexibility index (Phi) is 5.74. The highest BCUT2D eigenvalue weighted by Gasteiger charge is 2.45. The van der Waals surface area contributed by atoms with Crippen molar-refractivity contribution in [3.8, 4) is 0 Å². The molecule has 0 bridgehead atoms. The van der Waals surface area contributed by atoms with E-state index in [0.717, 1.165) is 18.7 Å². The Morgan fingerprint density at radius 2 is 1.55 bits per heavy atom. The zero-order valence-electron chi connectivity index (χ0n) is 16.2. The molecule has 2 aliphatic heterocycles. The van der Waals surface area contributed by atoms with E-state index in [4.69, 9.17) is 4.74 Å². The summed E-state index contributed by atoms with van der Waals surface area (Å²) >= 11 is 0. The highest BCUT2D eigenvalue weighted by molar-refractivity contribution is 6.46. The minimum absolute atomic E-state index is 0.133. The van der Waals surface area contributed by atoms with Gasteiger partial charge in [0.1, 0.15) is 5.76 Å². The van der Waals surface area contributed by atoms with Crippen LogP contribution in [0.3, 0.4) is 0 Å². The van der Waals surface area contributed by atoms with Gasteiger partial charge in [-0.25, -0.2) is 0 Å². The van der Waals surface area contributed by atoms with Crippen molar-refractivity contribution in [1.82, 2.24) is 9.80 Å². The molecule has 6 nitrogen and oxygen atoms in total. The largest absolute Gasteiger partial charge is 0.507 e. The van der Waals surface area contributed by atoms with E-state index in [9.17, 15) is 14.7 Å². The monoisotopic (exact) mass is 392 g/mol. The smallest absolute Gasteiger partial charge is 0.295 e. The van der Waals surface area contributed by atoms with Gasteiger partial charge < -0.3 is 14.7 Å². The number of rotatable bonds is 5. The van der Waals surface area contributed by atoms with Gasteiger partial charge >= 0.3 is 0 Å². The zero-order valence-corrected chi connectivity index (χ0v) is 16.2. The van der Waals surface area contributed by atoms with Crippen LogP contribution < -0.4 is 0 Å². The van der Waals surface area contributed by atoms with Crippen LogP contribution >= 0.6 is 0 Å². The van der Waals surface area contributed by atoms with Gasteiger partial charge in [-0.2, -0.15) is 0 Å². The van der Waals surface area contributed by atoms with Crippen molar-refractivity contribution in [2.45, 2.75) is 6.04 Å². The molecule has 1 N–H and O–H groups in total. The molecule has 2 aromatic carbocycles. The molecule has 4 rings (SSSR count). The summed E-state index contributed by atoms with van der Waals surface area (Å²) in [6.45, 7) is 4.04. The van der Waals surface area contributed by atoms with E-state index in [0.29, 0.717) is 31.9 Å². The number of ketones is 1. The highest BCUT2D eigenvalue weighted by atomic mass is 16.5. The summed E-state index contributed by atoms with van der Waals surface area (Å²) in [5, 5.41) is 10.9. The lowest BCUT2D eigenvalue weighted by Crippen LogP contribution is -2.42. The molecule has 1 amide bonds. The number of hydrogen-bond acceptors (Lipinski definition) is 5. The summed E-state index contributed by atoms with van der Waals surface area (Å²) in [6, 6.07) is 17.7. The summed E-state index contributed by atoms with van der Waals surface area (Å²) in [4.78, 5) is 29.6. The maximum Gasteiger partial charge on any atom is 0.295 e. The average molecular weight is 392 g/mol. The number of likely N-dealkylation sites (tertiary alicyclic amines) is 1. The molecule has 6 heteroatoms. The minimum Gasteiger partial charge on any atom is -0.507 e. The molecule has 0 spiro atoms. The molecular weight excluding hydrogens is 368 g/mol. The van der Waals surface area contributed by atoms with Gasteiger partial charge in [0.15, 0.2) is 0 Å². The molecule has 0 radical (unpaired) electrons. The topological polar surface area (TPSA) is 70.1 Å². The van der Waals surface area contributed by atoms with Crippen molar-refractivity contribution in [3.63, 3.8) is 0 Å². The molecular formula is C23H24N2O4. The molecule has 2 fully saturated rings. The minimum atomic E-state index is -0.637. The van der Waals surface area contributed by atoms with Crippen LogP contribution in [0.25, 0.3) is 5.76 Å². The van der Waals surface area contributed by atoms with Gasteiger partial charge in [-0.15, -0.1) is 0 Å². The SMILES string of the molecule is O=C1C(=O)N(CCN2CCOCC2)[C@H](c2ccccc2)C1=C(O)c1ccccc1. The summed E-state index contributed by atoms with van der Waals surface area (Å²) in [6.07, 6.45) is 0. The number of morpholine rings is 1. The number of carbonyl (C=O) groups is 2. The van der Waals surface area contributed by atoms with Crippen molar-refractivity contribution in [2.24, 2.45) is 0 Å². The van der Waals surface area contributed by atoms with E-state index < -0.39 is 17.7 Å². The van der Waals surface area contributed by atoms with Gasteiger partial charge in [-0.1, -0.05) is 60.7 Å². The number of benzene rings is 2. The highest BCUT2D eigenvalue weighted by Crippen LogP contribution is 2.39. The molecule has 2 heterocycles. The van der Waals surface area contributed by atoms with Crippen molar-refractivity contribution in [1.29, 1.82) is 0 Å². The first-order chi connectivity index (χ1) is 14.2. The molecule has 0 aliphatic carbocycles. The Labute approximate surface area is 170 Å². The number of carbonyl (C=O) groups excluding carboxylic acids is 2. The number of aliphatic hydroxyl groups excluding tert-OH is 1. The predicted octanol–water partition coefficient (Wildman–Crippen LogP) is 2.44. The maximum absolute atomic E-state index is 12.9. The number of ether oxygens (including phenoxy) is 1. The molecule has 2 aliphatic rings. The number of hydrogen-bond donors (Lipinski definition) is 1. The van der Waals surface area contributed by atoms with Crippen LogP contribution in [0.2, 0.25) is 0 Å². The van der Waals surface area contributed by atoms with Crippen LogP contribution in [-0.2, 0) is 14.3 Å². The Hall–Kier alpha value is -2.96. The molecule has 0 saturated carbocycles. The molecule has 2 saturated heterocycles. The van der Waals surface area contributed by atoms with E-state index in [1.165, 1.54) is 0 Å². The van der Waals surface area contributed by atoms with Crippen molar-refractivity contribution in [2.75, 3.05) is 39.4 Å². The summed E-state index contributed by atoms with van der Waals surface area (Å²) in [5.74, 6) is -1.33. The lowest BCUT2D eigenvalue weighted by Gasteiger charge is -2.31. The number of aliphatic hydroxyl groups is 1. The van der Waals surface area contributed by atoms with Gasteiger partial charge in [0.05, 0.1) is 24.8 Å². The van der Waals surface area contributed by atoms with E-state index >= 15 is 0 Å². The molecule has 2 aromatic rings. The van der Waals surface area contributed by atoms with Gasteiger partial charge in [0, 0.05) is 31.7 Å². The third-order valence-corrected chi connectivity index (χ3v) is 5.46. The lowest BCUT2D eigenvalue weighted by molar-refractivity contribution is -0.140. The second-order valence-electron chi connectivity index (χ2n) is 7.22. The second kappa shape index (κ2) is 8.59. The molecule has 150 valence electrons. The van der Waals surface area contributed by atoms with Crippen LogP contribution in [-0.4, -0.2) is 66.0 Å². The van der Waals surface area contributed by atoms with Crippen LogP contribution in [0.15, 0.2) is 66.2 Å². The number of nitrogens with zero attached hydrogens (tertiary/aromatic N) is 2. The van der Waals surface area contributed by atoms with Crippen LogP contribution in [0.1, 0.15) is 17.2 Å². The summed E-state index contributed by atoms with van der Waals surface area (Å²) in [7, 11) is 0.